The first-order chi connectivity index (χ1) is 15.4. The molecule has 32 heavy (non-hydrogen) atoms. The minimum atomic E-state index is -3.40. The summed E-state index contributed by atoms with van der Waals surface area (Å²) < 4.78 is 31.5. The molecule has 6 nitrogen and oxygen atoms in total. The van der Waals surface area contributed by atoms with Gasteiger partial charge < -0.3 is 24.2 Å². The molecule has 3 aromatic carbocycles. The summed E-state index contributed by atoms with van der Waals surface area (Å²) in [5.74, 6) is 0.544. The Bertz CT molecular complexity index is 1060. The van der Waals surface area contributed by atoms with Gasteiger partial charge in [-0.15, -0.1) is 0 Å². The molecule has 0 fully saturated rings. The fourth-order valence-electron chi connectivity index (χ4n) is 3.53. The van der Waals surface area contributed by atoms with Crippen molar-refractivity contribution in [3.8, 4) is 11.5 Å². The van der Waals surface area contributed by atoms with Gasteiger partial charge >= 0.3 is 0 Å². The zero-order valence-corrected chi connectivity index (χ0v) is 20.1. The average molecular weight is 455 g/mol. The van der Waals surface area contributed by atoms with Crippen molar-refractivity contribution in [2.75, 3.05) is 45.1 Å². The summed E-state index contributed by atoms with van der Waals surface area (Å²) in [6.45, 7) is 2.17. The van der Waals surface area contributed by atoms with Crippen LogP contribution in [-0.4, -0.2) is 34.9 Å². The maximum Gasteiger partial charge on any atom is 0.258 e. The maximum atomic E-state index is 14.6. The lowest BCUT2D eigenvalue weighted by Crippen LogP contribution is -2.21. The van der Waals surface area contributed by atoms with E-state index in [2.05, 4.69) is 5.32 Å². The second kappa shape index (κ2) is 10.6. The van der Waals surface area contributed by atoms with Gasteiger partial charge in [0.2, 0.25) is 0 Å². The lowest BCUT2D eigenvalue weighted by molar-refractivity contribution is 0.335. The number of hydrogen-bond acceptors (Lipinski definition) is 6. The van der Waals surface area contributed by atoms with Crippen LogP contribution in [0.4, 0.5) is 11.4 Å². The Hall–Kier alpha value is -2.95. The Morgan fingerprint density at radius 2 is 1.56 bits per heavy atom. The number of nitrogens with one attached hydrogen (secondary N) is 1. The van der Waals surface area contributed by atoms with E-state index in [1.54, 1.807) is 14.2 Å². The van der Waals surface area contributed by atoms with Crippen molar-refractivity contribution in [3.63, 3.8) is 0 Å². The van der Waals surface area contributed by atoms with Crippen LogP contribution in [0.2, 0.25) is 0 Å². The van der Waals surface area contributed by atoms with Gasteiger partial charge in [0.05, 0.1) is 20.8 Å². The first-order valence-corrected chi connectivity index (χ1v) is 12.2. The molecule has 0 spiro atoms. The van der Waals surface area contributed by atoms with Crippen molar-refractivity contribution in [3.05, 3.63) is 78.4 Å². The maximum absolute atomic E-state index is 14.6. The van der Waals surface area contributed by atoms with Crippen LogP contribution in [0, 0.1) is 0 Å². The Morgan fingerprint density at radius 3 is 2.12 bits per heavy atom. The molecule has 3 aromatic rings. The third-order valence-electron chi connectivity index (χ3n) is 5.19. The van der Waals surface area contributed by atoms with Gasteiger partial charge in [0.25, 0.3) is 7.37 Å². The van der Waals surface area contributed by atoms with Crippen LogP contribution in [0.5, 0.6) is 11.5 Å². The zero-order chi connectivity index (χ0) is 23.1. The third kappa shape index (κ3) is 5.09. The van der Waals surface area contributed by atoms with Gasteiger partial charge in [0.15, 0.2) is 11.5 Å². The minimum Gasteiger partial charge on any atom is -0.493 e. The van der Waals surface area contributed by atoms with E-state index in [9.17, 15) is 4.57 Å². The molecule has 0 heterocycles. The first-order valence-electron chi connectivity index (χ1n) is 10.5. The zero-order valence-electron chi connectivity index (χ0n) is 19.2. The van der Waals surface area contributed by atoms with Crippen LogP contribution in [0.3, 0.4) is 0 Å². The lowest BCUT2D eigenvalue weighted by atomic mass is 10.2. The number of hydrogen-bond donors (Lipinski definition) is 1. The molecule has 170 valence electrons. The van der Waals surface area contributed by atoms with Crippen LogP contribution in [-0.2, 0) is 9.09 Å². The van der Waals surface area contributed by atoms with Gasteiger partial charge in [0, 0.05) is 30.8 Å². The predicted octanol–water partition coefficient (Wildman–Crippen LogP) is 5.52. The normalized spacial score (nSPS) is 13.7. The number of anilines is 2. The lowest BCUT2D eigenvalue weighted by Gasteiger charge is -2.30. The third-order valence-corrected chi connectivity index (χ3v) is 7.95. The number of nitrogens with zero attached hydrogens (tertiary/aromatic N) is 1. The average Bonchev–Trinajstić information content (AvgIpc) is 2.83. The number of ether oxygens (including phenoxy) is 2. The van der Waals surface area contributed by atoms with Crippen LogP contribution in [0.15, 0.2) is 72.8 Å². The molecule has 0 aliphatic heterocycles. The topological polar surface area (TPSA) is 60.0 Å². The summed E-state index contributed by atoms with van der Waals surface area (Å²) in [6, 6.07) is 22.9. The van der Waals surface area contributed by atoms with E-state index in [1.165, 1.54) is 0 Å². The molecule has 0 bridgehead atoms. The minimum absolute atomic E-state index is 0.312. The molecule has 0 aliphatic rings. The standard InChI is InChI=1S/C25H31N2O4P/c1-6-31-32(28,22-15-13-21(14-16-22)27(2)3)25(26-20-10-8-7-9-11-20)19-12-17-23(29-4)24(18-19)30-5/h7-18,25-26H,6H2,1-5H3/t25-,32+/m1/s1. The molecule has 0 radical (unpaired) electrons. The van der Waals surface area contributed by atoms with E-state index >= 15 is 0 Å². The molecule has 2 atom stereocenters. The van der Waals surface area contributed by atoms with Crippen molar-refractivity contribution < 1.29 is 18.6 Å². The quantitative estimate of drug-likeness (QED) is 0.407. The summed E-state index contributed by atoms with van der Waals surface area (Å²) in [7, 11) is 3.72. The molecular weight excluding hydrogens is 423 g/mol. The van der Waals surface area contributed by atoms with Gasteiger partial charge in [-0.3, -0.25) is 4.57 Å². The smallest absolute Gasteiger partial charge is 0.258 e. The molecule has 0 aromatic heterocycles. The summed E-state index contributed by atoms with van der Waals surface area (Å²) in [6.07, 6.45) is 0. The van der Waals surface area contributed by atoms with Gasteiger partial charge in [0.1, 0.15) is 5.78 Å². The molecule has 0 saturated carbocycles. The highest BCUT2D eigenvalue weighted by molar-refractivity contribution is 7.67. The Kier molecular flexibility index (Phi) is 7.84. The Labute approximate surface area is 190 Å². The summed E-state index contributed by atoms with van der Waals surface area (Å²) in [5.41, 5.74) is 2.65. The Balaban J connectivity index is 2.15. The Morgan fingerprint density at radius 1 is 0.906 bits per heavy atom. The second-order valence-electron chi connectivity index (χ2n) is 7.45. The number of methoxy groups -OCH3 is 2. The van der Waals surface area contributed by atoms with Crippen molar-refractivity contribution in [2.24, 2.45) is 0 Å². The van der Waals surface area contributed by atoms with Gasteiger partial charge in [-0.2, -0.15) is 0 Å². The fourth-order valence-corrected chi connectivity index (χ4v) is 5.94. The number of para-hydroxylation sites is 1. The van der Waals surface area contributed by atoms with Crippen molar-refractivity contribution >= 4 is 24.0 Å². The van der Waals surface area contributed by atoms with E-state index in [0.717, 1.165) is 16.9 Å². The number of rotatable bonds is 10. The molecule has 0 amide bonds. The summed E-state index contributed by atoms with van der Waals surface area (Å²) >= 11 is 0. The van der Waals surface area contributed by atoms with E-state index in [1.807, 2.05) is 98.7 Å². The van der Waals surface area contributed by atoms with E-state index < -0.39 is 13.2 Å². The van der Waals surface area contributed by atoms with E-state index in [0.29, 0.717) is 23.4 Å². The van der Waals surface area contributed by atoms with Gasteiger partial charge in [-0.1, -0.05) is 24.3 Å². The molecule has 7 heteroatoms. The van der Waals surface area contributed by atoms with Gasteiger partial charge in [-0.25, -0.2) is 0 Å². The van der Waals surface area contributed by atoms with Crippen molar-refractivity contribution in [1.82, 2.24) is 0 Å². The highest BCUT2D eigenvalue weighted by Crippen LogP contribution is 2.59. The second-order valence-corrected chi connectivity index (χ2v) is 9.94. The first kappa shape index (κ1) is 23.7. The molecule has 3 rings (SSSR count). The molecule has 0 unspecified atom stereocenters. The highest BCUT2D eigenvalue weighted by Gasteiger charge is 2.38. The van der Waals surface area contributed by atoms with Crippen LogP contribution in [0.25, 0.3) is 0 Å². The predicted molar refractivity (Wildman–Crippen MR) is 132 cm³/mol. The van der Waals surface area contributed by atoms with Crippen LogP contribution in [0.1, 0.15) is 18.3 Å². The number of benzene rings is 3. The highest BCUT2D eigenvalue weighted by atomic mass is 31.2. The van der Waals surface area contributed by atoms with Crippen molar-refractivity contribution in [1.29, 1.82) is 0 Å². The van der Waals surface area contributed by atoms with Crippen LogP contribution >= 0.6 is 7.37 Å². The molecule has 1 N–H and O–H groups in total. The SMILES string of the molecule is CCO[P@@](=O)(c1ccc(N(C)C)cc1)[C@@H](Nc1ccccc1)c1ccc(OC)c(OC)c1. The molecular formula is C25H31N2O4P. The van der Waals surface area contributed by atoms with E-state index in [-0.39, 0.29) is 0 Å². The van der Waals surface area contributed by atoms with Crippen LogP contribution < -0.4 is 25.0 Å². The molecule has 0 aliphatic carbocycles. The van der Waals surface area contributed by atoms with Crippen molar-refractivity contribution in [2.45, 2.75) is 12.7 Å². The summed E-state index contributed by atoms with van der Waals surface area (Å²) in [4.78, 5) is 2.00. The fraction of sp³-hybridized carbons (Fsp3) is 0.280. The van der Waals surface area contributed by atoms with E-state index in [4.69, 9.17) is 14.0 Å². The monoisotopic (exact) mass is 454 g/mol. The summed E-state index contributed by atoms with van der Waals surface area (Å²) in [5, 5.41) is 4.10. The largest absolute Gasteiger partial charge is 0.493 e. The molecule has 0 saturated heterocycles. The van der Waals surface area contributed by atoms with Gasteiger partial charge in [-0.05, 0) is 61.0 Å².